The summed E-state index contributed by atoms with van der Waals surface area (Å²) in [6, 6.07) is -0.776. The quantitative estimate of drug-likeness (QED) is 0.138. The first-order valence-corrected chi connectivity index (χ1v) is 11.2. The summed E-state index contributed by atoms with van der Waals surface area (Å²) in [5.74, 6) is -2.42. The maximum atomic E-state index is 12.2. The molecule has 29 heavy (non-hydrogen) atoms. The van der Waals surface area contributed by atoms with E-state index in [2.05, 4.69) is 19.2 Å². The predicted octanol–water partition coefficient (Wildman–Crippen LogP) is 0.660. The normalized spacial score (nSPS) is 11.5. The maximum Gasteiger partial charge on any atom is 1.00 e. The Bertz CT molecular complexity index is 431. The van der Waals surface area contributed by atoms with Crippen molar-refractivity contribution in [2.75, 3.05) is 6.54 Å². The van der Waals surface area contributed by atoms with Crippen molar-refractivity contribution in [3.63, 3.8) is 0 Å². The topological polar surface area (TPSA) is 95.5 Å². The van der Waals surface area contributed by atoms with E-state index >= 15 is 0 Å². The first-order chi connectivity index (χ1) is 13.5. The summed E-state index contributed by atoms with van der Waals surface area (Å²) in [5, 5.41) is 13.7. The molecule has 7 heteroatoms. The average molecular weight is 438 g/mol. The van der Waals surface area contributed by atoms with Gasteiger partial charge in [-0.05, 0) is 32.2 Å². The monoisotopic (exact) mass is 437 g/mol. The Morgan fingerprint density at radius 3 is 1.86 bits per heavy atom. The fourth-order valence-electron chi connectivity index (χ4n) is 3.03. The number of nitrogens with one attached hydrogen (secondary N) is 1. The zero-order chi connectivity index (χ0) is 21.0. The molecule has 0 radical (unpaired) electrons. The molecule has 0 bridgehead atoms. The Balaban J connectivity index is 0. The van der Waals surface area contributed by atoms with Crippen molar-refractivity contribution >= 4 is 17.9 Å². The molecule has 0 aromatic heterocycles. The third-order valence-electron chi connectivity index (χ3n) is 4.79. The molecule has 164 valence electrons. The zero-order valence-corrected chi connectivity index (χ0v) is 22.1. The van der Waals surface area contributed by atoms with Crippen LogP contribution in [0.4, 0.5) is 0 Å². The van der Waals surface area contributed by atoms with Gasteiger partial charge in [-0.2, -0.15) is 0 Å². The van der Waals surface area contributed by atoms with E-state index in [0.29, 0.717) is 13.0 Å². The molecular formula is C22H40KNO5. The van der Waals surface area contributed by atoms with Gasteiger partial charge in [-0.15, -0.1) is 0 Å². The van der Waals surface area contributed by atoms with Gasteiger partial charge in [0.15, 0.2) is 0 Å². The molecule has 1 N–H and O–H groups in total. The van der Waals surface area contributed by atoms with Gasteiger partial charge in [0.05, 0.1) is 0 Å². The smallest absolute Gasteiger partial charge is 0.550 e. The van der Waals surface area contributed by atoms with Gasteiger partial charge in [0, 0.05) is 12.4 Å². The molecule has 0 heterocycles. The summed E-state index contributed by atoms with van der Waals surface area (Å²) >= 11 is 0. The second kappa shape index (κ2) is 22.9. The van der Waals surface area contributed by atoms with E-state index in [0.717, 1.165) is 32.1 Å². The Hall–Kier alpha value is 0.206. The van der Waals surface area contributed by atoms with Crippen LogP contribution in [0.1, 0.15) is 110 Å². The third kappa shape index (κ3) is 21.2. The van der Waals surface area contributed by atoms with Crippen molar-refractivity contribution in [2.24, 2.45) is 0 Å². The molecule has 0 aromatic carbocycles. The van der Waals surface area contributed by atoms with Crippen LogP contribution in [0.25, 0.3) is 0 Å². The fourth-order valence-corrected chi connectivity index (χ4v) is 3.03. The second-order valence-electron chi connectivity index (χ2n) is 7.50. The van der Waals surface area contributed by atoms with Gasteiger partial charge in [-0.1, -0.05) is 78.1 Å². The molecule has 0 aliphatic rings. The third-order valence-corrected chi connectivity index (χ3v) is 4.79. The Kier molecular flexibility index (Phi) is 24.8. The standard InChI is InChI=1S/C22H41NO5.K/c1-3-5-7-8-9-10-11-12-13-15-21(26)28-22(27)19(16-17-20(24)25)23-18-14-6-4-2;/h19,23H,3-18H2,1-2H3,(H,24,25);/q;+1/p-1/t19-;/m0./s1. The molecule has 0 aliphatic heterocycles. The van der Waals surface area contributed by atoms with Gasteiger partial charge in [0.25, 0.3) is 0 Å². The van der Waals surface area contributed by atoms with Crippen LogP contribution in [0.15, 0.2) is 0 Å². The van der Waals surface area contributed by atoms with Gasteiger partial charge in [-0.25, -0.2) is 4.79 Å². The molecule has 0 amide bonds. The number of carboxylic acid groups (broad SMARTS) is 1. The van der Waals surface area contributed by atoms with E-state index < -0.39 is 23.9 Å². The van der Waals surface area contributed by atoms with Crippen molar-refractivity contribution < 1.29 is 75.6 Å². The van der Waals surface area contributed by atoms with Crippen LogP contribution >= 0.6 is 0 Å². The van der Waals surface area contributed by atoms with Crippen molar-refractivity contribution in [1.82, 2.24) is 5.32 Å². The summed E-state index contributed by atoms with van der Waals surface area (Å²) < 4.78 is 4.92. The minimum atomic E-state index is -1.21. The van der Waals surface area contributed by atoms with E-state index in [9.17, 15) is 19.5 Å². The van der Waals surface area contributed by atoms with E-state index in [1.165, 1.54) is 38.5 Å². The van der Waals surface area contributed by atoms with Gasteiger partial charge in [0.2, 0.25) is 0 Å². The van der Waals surface area contributed by atoms with Gasteiger partial charge in [-0.3, -0.25) is 4.79 Å². The predicted molar refractivity (Wildman–Crippen MR) is 108 cm³/mol. The average Bonchev–Trinajstić information content (AvgIpc) is 2.65. The van der Waals surface area contributed by atoms with Crippen LogP contribution in [0.5, 0.6) is 0 Å². The molecule has 0 saturated carbocycles. The van der Waals surface area contributed by atoms with E-state index in [1.54, 1.807) is 0 Å². The largest absolute Gasteiger partial charge is 1.00 e. The summed E-state index contributed by atoms with van der Waals surface area (Å²) in [6.45, 7) is 4.87. The molecule has 0 fully saturated rings. The molecule has 0 saturated heterocycles. The Morgan fingerprint density at radius 1 is 0.793 bits per heavy atom. The van der Waals surface area contributed by atoms with Crippen LogP contribution in [-0.4, -0.2) is 30.5 Å². The molecule has 1 atom stereocenters. The first kappa shape index (κ1) is 31.4. The zero-order valence-electron chi connectivity index (χ0n) is 18.9. The molecule has 0 unspecified atom stereocenters. The van der Waals surface area contributed by atoms with Crippen molar-refractivity contribution in [3.05, 3.63) is 0 Å². The number of rotatable bonds is 19. The summed E-state index contributed by atoms with van der Waals surface area (Å²) in [7, 11) is 0. The van der Waals surface area contributed by atoms with E-state index in [1.807, 2.05) is 0 Å². The number of ether oxygens (including phenoxy) is 1. The Labute approximate surface area is 219 Å². The minimum absolute atomic E-state index is 0. The Morgan fingerprint density at radius 2 is 1.31 bits per heavy atom. The van der Waals surface area contributed by atoms with Crippen LogP contribution in [0.2, 0.25) is 0 Å². The molecule has 0 aliphatic carbocycles. The van der Waals surface area contributed by atoms with Crippen LogP contribution in [-0.2, 0) is 19.1 Å². The SMILES string of the molecule is CCCCCCCCCCCC(=O)OC(=O)[C@H](CCC(=O)[O-])NCCCCC.[K+]. The number of esters is 2. The van der Waals surface area contributed by atoms with E-state index in [-0.39, 0.29) is 70.6 Å². The molecule has 0 spiro atoms. The number of hydrogen-bond donors (Lipinski definition) is 1. The van der Waals surface area contributed by atoms with Gasteiger partial charge < -0.3 is 20.0 Å². The molecular weight excluding hydrogens is 397 g/mol. The first-order valence-electron chi connectivity index (χ1n) is 11.2. The summed E-state index contributed by atoms with van der Waals surface area (Å²) in [4.78, 5) is 34.7. The number of hydrogen-bond acceptors (Lipinski definition) is 6. The van der Waals surface area contributed by atoms with Crippen molar-refractivity contribution in [3.8, 4) is 0 Å². The van der Waals surface area contributed by atoms with Crippen LogP contribution in [0.3, 0.4) is 0 Å². The van der Waals surface area contributed by atoms with Crippen molar-refractivity contribution in [1.29, 1.82) is 0 Å². The fraction of sp³-hybridized carbons (Fsp3) is 0.864. The summed E-state index contributed by atoms with van der Waals surface area (Å²) in [6.07, 6.45) is 13.3. The van der Waals surface area contributed by atoms with Gasteiger partial charge >= 0.3 is 63.3 Å². The minimum Gasteiger partial charge on any atom is -0.550 e. The number of aliphatic carboxylic acids is 1. The summed E-state index contributed by atoms with van der Waals surface area (Å²) in [5.41, 5.74) is 0. The van der Waals surface area contributed by atoms with Gasteiger partial charge in [0.1, 0.15) is 6.04 Å². The molecule has 0 rings (SSSR count). The number of carbonyl (C=O) groups excluding carboxylic acids is 3. The number of unbranched alkanes of at least 4 members (excludes halogenated alkanes) is 10. The van der Waals surface area contributed by atoms with Crippen LogP contribution < -0.4 is 61.8 Å². The second-order valence-corrected chi connectivity index (χ2v) is 7.50. The molecule has 0 aromatic rings. The van der Waals surface area contributed by atoms with E-state index in [4.69, 9.17) is 4.74 Å². The number of carbonyl (C=O) groups is 3. The van der Waals surface area contributed by atoms with Crippen molar-refractivity contribution in [2.45, 2.75) is 116 Å². The molecule has 6 nitrogen and oxygen atoms in total. The number of carboxylic acids is 1. The maximum absolute atomic E-state index is 12.2. The van der Waals surface area contributed by atoms with Crippen LogP contribution in [0, 0.1) is 0 Å².